The van der Waals surface area contributed by atoms with Crippen molar-refractivity contribution >= 4 is 18.3 Å². The van der Waals surface area contributed by atoms with Crippen molar-refractivity contribution in [1.82, 2.24) is 20.8 Å². The van der Waals surface area contributed by atoms with E-state index in [-0.39, 0.29) is 48.7 Å². The number of hydrogen-bond donors (Lipinski definition) is 4. The molecule has 0 aliphatic heterocycles. The minimum absolute atomic E-state index is 0.0217. The summed E-state index contributed by atoms with van der Waals surface area (Å²) < 4.78 is 10.7. The third-order valence-corrected chi connectivity index (χ3v) is 4.35. The first-order chi connectivity index (χ1) is 13.8. The van der Waals surface area contributed by atoms with Gasteiger partial charge in [-0.3, -0.25) is 14.4 Å². The number of ether oxygens (including phenoxy) is 1. The maximum atomic E-state index is 12.5. The highest BCUT2D eigenvalue weighted by Gasteiger charge is 2.34. The Morgan fingerprint density at radius 1 is 1.41 bits per heavy atom. The number of nitrogens with one attached hydrogen (secondary N) is 2. The summed E-state index contributed by atoms with van der Waals surface area (Å²) in [6, 6.07) is 0.636. The molecule has 3 atom stereocenters. The first-order valence-corrected chi connectivity index (χ1v) is 9.67. The predicted molar refractivity (Wildman–Crippen MR) is 103 cm³/mol. The molecule has 0 radical (unpaired) electrons. The minimum Gasteiger partial charge on any atom is -0.483 e. The van der Waals surface area contributed by atoms with Gasteiger partial charge < -0.3 is 30.7 Å². The fourth-order valence-electron chi connectivity index (χ4n) is 3.18. The van der Waals surface area contributed by atoms with Gasteiger partial charge in [0.15, 0.2) is 5.82 Å². The number of carbonyl (C=O) groups is 3. The lowest BCUT2D eigenvalue weighted by atomic mass is 9.83. The van der Waals surface area contributed by atoms with Crippen LogP contribution >= 0.6 is 0 Å². The first kappa shape index (κ1) is 24.5. The number of aromatic nitrogens is 2. The van der Waals surface area contributed by atoms with Crippen LogP contribution in [0.2, 0.25) is 0 Å². The quantitative estimate of drug-likeness (QED) is 0.420. The highest BCUT2D eigenvalue weighted by atomic mass is 16.5. The van der Waals surface area contributed by atoms with Crippen LogP contribution in [0.25, 0.3) is 0 Å². The molecule has 1 aliphatic carbocycles. The first-order valence-electron chi connectivity index (χ1n) is 9.67. The third kappa shape index (κ3) is 8.57. The number of hydrogen-bond acceptors (Lipinski definition) is 8. The molecule has 1 heterocycles. The smallest absolute Gasteiger partial charge is 0.315 e. The van der Waals surface area contributed by atoms with Crippen LogP contribution in [0.4, 0.5) is 0 Å². The highest BCUT2D eigenvalue weighted by Crippen LogP contribution is 2.27. The molecule has 0 saturated heterocycles. The van der Waals surface area contributed by atoms with Crippen LogP contribution < -0.4 is 16.4 Å². The molecular weight excluding hydrogens is 382 g/mol. The number of primary amides is 1. The van der Waals surface area contributed by atoms with Crippen molar-refractivity contribution in [3.8, 4) is 0 Å². The fourth-order valence-corrected chi connectivity index (χ4v) is 3.18. The summed E-state index contributed by atoms with van der Waals surface area (Å²) in [6.07, 6.45) is 3.32. The van der Waals surface area contributed by atoms with Crippen LogP contribution in [0.1, 0.15) is 63.0 Å². The average molecular weight is 413 g/mol. The summed E-state index contributed by atoms with van der Waals surface area (Å²) in [5.74, 6) is -1.02. The number of amides is 2. The topological polar surface area (TPSA) is 170 Å². The Bertz CT molecular complexity index is 650. The molecule has 0 aromatic carbocycles. The summed E-state index contributed by atoms with van der Waals surface area (Å²) in [7, 11) is 0. The standard InChI is InChI=1S/C17H29N5O4.CH2O2/c1-4-7-25-13-8-11(5-6-12(13)20-10(2)3)16(24)19-9-14-21-17(15(18)23)26-22-14;2-1-3/h10-13,20H,4-9H2,1-3H3,(H2,18,23)(H,19,24);1H,(H,2,3)/t11-,12+,13+;/m0./s1. The van der Waals surface area contributed by atoms with E-state index < -0.39 is 5.91 Å². The van der Waals surface area contributed by atoms with Crippen LogP contribution in [0.15, 0.2) is 4.52 Å². The van der Waals surface area contributed by atoms with Crippen LogP contribution in [0.5, 0.6) is 0 Å². The van der Waals surface area contributed by atoms with Crippen molar-refractivity contribution in [2.45, 2.75) is 71.2 Å². The number of nitrogens with zero attached hydrogens (tertiary/aromatic N) is 2. The molecule has 164 valence electrons. The number of nitrogens with two attached hydrogens (primary N) is 1. The van der Waals surface area contributed by atoms with E-state index >= 15 is 0 Å². The summed E-state index contributed by atoms with van der Waals surface area (Å²) in [5.41, 5.74) is 5.06. The van der Waals surface area contributed by atoms with Crippen LogP contribution in [-0.2, 0) is 20.9 Å². The molecule has 0 bridgehead atoms. The second kappa shape index (κ2) is 12.8. The zero-order valence-electron chi connectivity index (χ0n) is 17.1. The Balaban J connectivity index is 0.00000132. The number of rotatable bonds is 9. The summed E-state index contributed by atoms with van der Waals surface area (Å²) >= 11 is 0. The number of carbonyl (C=O) groups excluding carboxylic acids is 2. The lowest BCUT2D eigenvalue weighted by molar-refractivity contribution is -0.129. The number of carboxylic acid groups (broad SMARTS) is 1. The molecular formula is C18H31N5O6. The van der Waals surface area contributed by atoms with Crippen LogP contribution in [0, 0.1) is 5.92 Å². The lowest BCUT2D eigenvalue weighted by Gasteiger charge is -2.37. The van der Waals surface area contributed by atoms with E-state index in [4.69, 9.17) is 24.9 Å². The summed E-state index contributed by atoms with van der Waals surface area (Å²) in [6.45, 7) is 6.83. The molecule has 0 spiro atoms. The van der Waals surface area contributed by atoms with Gasteiger partial charge in [0.25, 0.3) is 6.47 Å². The molecule has 11 heteroatoms. The maximum absolute atomic E-state index is 12.5. The van der Waals surface area contributed by atoms with Crippen molar-refractivity contribution in [1.29, 1.82) is 0 Å². The zero-order valence-corrected chi connectivity index (χ0v) is 17.1. The van der Waals surface area contributed by atoms with Gasteiger partial charge >= 0.3 is 11.8 Å². The van der Waals surface area contributed by atoms with E-state index in [0.717, 1.165) is 19.3 Å². The van der Waals surface area contributed by atoms with Gasteiger partial charge in [0.2, 0.25) is 5.91 Å². The average Bonchev–Trinajstić information content (AvgIpc) is 3.15. The Kier molecular flexibility index (Phi) is 10.8. The largest absolute Gasteiger partial charge is 0.483 e. The van der Waals surface area contributed by atoms with Crippen LogP contribution in [0.3, 0.4) is 0 Å². The van der Waals surface area contributed by atoms with Gasteiger partial charge in [-0.25, -0.2) is 0 Å². The molecule has 1 saturated carbocycles. The second-order valence-corrected chi connectivity index (χ2v) is 7.05. The summed E-state index contributed by atoms with van der Waals surface area (Å²) in [4.78, 5) is 35.6. The third-order valence-electron chi connectivity index (χ3n) is 4.35. The van der Waals surface area contributed by atoms with Gasteiger partial charge in [0.05, 0.1) is 12.6 Å². The lowest BCUT2D eigenvalue weighted by Crippen LogP contribution is -2.50. The van der Waals surface area contributed by atoms with Gasteiger partial charge in [-0.05, 0) is 25.7 Å². The van der Waals surface area contributed by atoms with Gasteiger partial charge in [-0.1, -0.05) is 25.9 Å². The van der Waals surface area contributed by atoms with E-state index in [9.17, 15) is 9.59 Å². The fraction of sp³-hybridized carbons (Fsp3) is 0.722. The SMILES string of the molecule is CCCO[C@@H]1C[C@@H](C(=O)NCc2noc(C(N)=O)n2)CC[C@H]1NC(C)C.O=CO. The van der Waals surface area contributed by atoms with Crippen molar-refractivity contribution < 1.29 is 28.8 Å². The molecule has 11 nitrogen and oxygen atoms in total. The molecule has 5 N–H and O–H groups in total. The van der Waals surface area contributed by atoms with Gasteiger partial charge in [0, 0.05) is 24.6 Å². The van der Waals surface area contributed by atoms with E-state index in [2.05, 4.69) is 41.5 Å². The van der Waals surface area contributed by atoms with Crippen LogP contribution in [-0.4, -0.2) is 58.3 Å². The van der Waals surface area contributed by atoms with E-state index in [0.29, 0.717) is 19.1 Å². The Morgan fingerprint density at radius 3 is 2.66 bits per heavy atom. The molecule has 2 rings (SSSR count). The Labute approximate surface area is 169 Å². The van der Waals surface area contributed by atoms with Crippen molar-refractivity contribution in [3.63, 3.8) is 0 Å². The van der Waals surface area contributed by atoms with Gasteiger partial charge in [0.1, 0.15) is 0 Å². The normalized spacial score (nSPS) is 21.2. The highest BCUT2D eigenvalue weighted by molar-refractivity contribution is 5.87. The molecule has 1 aromatic rings. The van der Waals surface area contributed by atoms with Gasteiger partial charge in [-0.2, -0.15) is 4.98 Å². The monoisotopic (exact) mass is 413 g/mol. The van der Waals surface area contributed by atoms with Crippen molar-refractivity contribution in [2.24, 2.45) is 11.7 Å². The predicted octanol–water partition coefficient (Wildman–Crippen LogP) is 0.447. The molecule has 1 aromatic heterocycles. The van der Waals surface area contributed by atoms with E-state index in [1.807, 2.05) is 0 Å². The van der Waals surface area contributed by atoms with Crippen molar-refractivity contribution in [3.05, 3.63) is 11.7 Å². The Morgan fingerprint density at radius 2 is 2.10 bits per heavy atom. The molecule has 1 fully saturated rings. The minimum atomic E-state index is -0.790. The second-order valence-electron chi connectivity index (χ2n) is 7.05. The molecule has 2 amide bonds. The van der Waals surface area contributed by atoms with E-state index in [1.54, 1.807) is 0 Å². The molecule has 1 aliphatic rings. The zero-order chi connectivity index (χ0) is 21.8. The maximum Gasteiger partial charge on any atom is 0.315 e. The molecule has 0 unspecified atom stereocenters. The molecule has 29 heavy (non-hydrogen) atoms. The van der Waals surface area contributed by atoms with E-state index in [1.165, 1.54) is 0 Å². The van der Waals surface area contributed by atoms with Crippen molar-refractivity contribution in [2.75, 3.05) is 6.61 Å². The van der Waals surface area contributed by atoms with Gasteiger partial charge in [-0.15, -0.1) is 0 Å². The Hall–Kier alpha value is -2.53. The summed E-state index contributed by atoms with van der Waals surface area (Å²) in [5, 5.41) is 16.8.